The molecule has 2 heteroatoms. The van der Waals surface area contributed by atoms with Gasteiger partial charge in [-0.05, 0) is 25.0 Å². The molecule has 20 heavy (non-hydrogen) atoms. The summed E-state index contributed by atoms with van der Waals surface area (Å²) in [6.07, 6.45) is 0. The summed E-state index contributed by atoms with van der Waals surface area (Å²) in [5.41, 5.74) is 4.46. The van der Waals surface area contributed by atoms with Crippen molar-refractivity contribution in [2.45, 2.75) is 26.9 Å². The third-order valence-electron chi connectivity index (χ3n) is 3.21. The Balaban J connectivity index is 1.95. The highest BCUT2D eigenvalue weighted by Gasteiger charge is 1.97. The van der Waals surface area contributed by atoms with Gasteiger partial charge in [-0.3, -0.25) is 9.98 Å². The van der Waals surface area contributed by atoms with Gasteiger partial charge in [0, 0.05) is 0 Å². The largest absolute Gasteiger partial charge is 0.283 e. The first-order chi connectivity index (χ1) is 9.75. The molecule has 2 aromatic rings. The first kappa shape index (κ1) is 14.2. The van der Waals surface area contributed by atoms with Crippen molar-refractivity contribution in [3.63, 3.8) is 0 Å². The summed E-state index contributed by atoms with van der Waals surface area (Å²) < 4.78 is 0. The van der Waals surface area contributed by atoms with Gasteiger partial charge in [0.1, 0.15) is 0 Å². The van der Waals surface area contributed by atoms with E-state index in [1.807, 2.05) is 50.2 Å². The molecule has 0 unspecified atom stereocenters. The lowest BCUT2D eigenvalue weighted by atomic mass is 10.2. The number of rotatable bonds is 5. The van der Waals surface area contributed by atoms with Crippen LogP contribution in [-0.4, -0.2) is 11.4 Å². The molecule has 0 radical (unpaired) electrons. The molecule has 2 rings (SSSR count). The van der Waals surface area contributed by atoms with E-state index in [9.17, 15) is 0 Å². The fourth-order valence-electron chi connectivity index (χ4n) is 1.82. The van der Waals surface area contributed by atoms with Crippen molar-refractivity contribution >= 4 is 11.4 Å². The molecule has 0 fully saturated rings. The molecule has 0 aliphatic rings. The summed E-state index contributed by atoms with van der Waals surface area (Å²) in [6.45, 7) is 5.47. The van der Waals surface area contributed by atoms with E-state index in [0.717, 1.165) is 11.4 Å². The van der Waals surface area contributed by atoms with E-state index >= 15 is 0 Å². The summed E-state index contributed by atoms with van der Waals surface area (Å²) in [4.78, 5) is 9.18. The van der Waals surface area contributed by atoms with Gasteiger partial charge in [0.25, 0.3) is 0 Å². The maximum absolute atomic E-state index is 4.59. The minimum absolute atomic E-state index is 0.713. The number of hydrogen-bond donors (Lipinski definition) is 0. The van der Waals surface area contributed by atoms with Gasteiger partial charge < -0.3 is 0 Å². The van der Waals surface area contributed by atoms with E-state index in [4.69, 9.17) is 0 Å². The van der Waals surface area contributed by atoms with Crippen LogP contribution < -0.4 is 0 Å². The molecule has 0 amide bonds. The quantitative estimate of drug-likeness (QED) is 0.719. The smallest absolute Gasteiger partial charge is 0.0643 e. The third-order valence-corrected chi connectivity index (χ3v) is 3.21. The van der Waals surface area contributed by atoms with Crippen LogP contribution in [-0.2, 0) is 13.1 Å². The van der Waals surface area contributed by atoms with Gasteiger partial charge >= 0.3 is 0 Å². The van der Waals surface area contributed by atoms with Gasteiger partial charge in [0.15, 0.2) is 0 Å². The molecule has 0 N–H and O–H groups in total. The fourth-order valence-corrected chi connectivity index (χ4v) is 1.82. The van der Waals surface area contributed by atoms with Crippen molar-refractivity contribution in [3.8, 4) is 0 Å². The van der Waals surface area contributed by atoms with E-state index in [1.54, 1.807) is 0 Å². The second-order valence-electron chi connectivity index (χ2n) is 4.77. The lowest BCUT2D eigenvalue weighted by Gasteiger charge is -2.02. The molecule has 102 valence electrons. The zero-order valence-electron chi connectivity index (χ0n) is 12.1. The first-order valence-electron chi connectivity index (χ1n) is 6.86. The van der Waals surface area contributed by atoms with Crippen molar-refractivity contribution in [3.05, 3.63) is 71.8 Å². The van der Waals surface area contributed by atoms with Crippen LogP contribution in [0.3, 0.4) is 0 Å². The van der Waals surface area contributed by atoms with E-state index in [2.05, 4.69) is 34.3 Å². The molecule has 0 atom stereocenters. The number of benzene rings is 2. The summed E-state index contributed by atoms with van der Waals surface area (Å²) in [5, 5.41) is 0. The Morgan fingerprint density at radius 3 is 1.35 bits per heavy atom. The summed E-state index contributed by atoms with van der Waals surface area (Å²) in [5.74, 6) is 0. The van der Waals surface area contributed by atoms with Gasteiger partial charge in [-0.15, -0.1) is 0 Å². The molecule has 0 saturated heterocycles. The fraction of sp³-hybridized carbons (Fsp3) is 0.222. The Morgan fingerprint density at radius 1 is 0.650 bits per heavy atom. The lowest BCUT2D eigenvalue weighted by molar-refractivity contribution is 1.05. The highest BCUT2D eigenvalue weighted by molar-refractivity contribution is 6.40. The maximum atomic E-state index is 4.59. The van der Waals surface area contributed by atoms with Crippen LogP contribution in [0.4, 0.5) is 0 Å². The summed E-state index contributed by atoms with van der Waals surface area (Å²) in [6, 6.07) is 20.6. The molecule has 0 bridgehead atoms. The third kappa shape index (κ3) is 4.47. The normalized spacial score (nSPS) is 12.5. The average molecular weight is 264 g/mol. The van der Waals surface area contributed by atoms with Gasteiger partial charge in [-0.25, -0.2) is 0 Å². The Morgan fingerprint density at radius 2 is 1.00 bits per heavy atom. The molecule has 0 aromatic heterocycles. The van der Waals surface area contributed by atoms with Crippen molar-refractivity contribution in [1.82, 2.24) is 0 Å². The van der Waals surface area contributed by atoms with Crippen LogP contribution in [0.1, 0.15) is 25.0 Å². The predicted molar refractivity (Wildman–Crippen MR) is 86.5 cm³/mol. The van der Waals surface area contributed by atoms with Crippen LogP contribution in [0.25, 0.3) is 0 Å². The molecule has 0 aliphatic carbocycles. The van der Waals surface area contributed by atoms with Crippen molar-refractivity contribution < 1.29 is 0 Å². The molecule has 2 nitrogen and oxygen atoms in total. The monoisotopic (exact) mass is 264 g/mol. The minimum atomic E-state index is 0.713. The highest BCUT2D eigenvalue weighted by Crippen LogP contribution is 2.03. The van der Waals surface area contributed by atoms with Crippen LogP contribution in [0.15, 0.2) is 70.6 Å². The average Bonchev–Trinajstić information content (AvgIpc) is 2.52. The van der Waals surface area contributed by atoms with Gasteiger partial charge in [-0.1, -0.05) is 60.7 Å². The molecule has 0 saturated carbocycles. The Kier molecular flexibility index (Phi) is 5.24. The Hall–Kier alpha value is -2.22. The standard InChI is InChI=1S/C18H20N2/c1-15(19-13-17-9-5-3-6-10-17)16(2)20-14-18-11-7-4-8-12-18/h3-12H,13-14H2,1-2H3. The number of aliphatic imine (C=N–C) groups is 2. The van der Waals surface area contributed by atoms with E-state index in [-0.39, 0.29) is 0 Å². The highest BCUT2D eigenvalue weighted by atomic mass is 14.8. The molecule has 0 aliphatic heterocycles. The van der Waals surface area contributed by atoms with Crippen molar-refractivity contribution in [2.24, 2.45) is 9.98 Å². The maximum Gasteiger partial charge on any atom is 0.0643 e. The molecule has 0 heterocycles. The zero-order valence-corrected chi connectivity index (χ0v) is 12.1. The van der Waals surface area contributed by atoms with Crippen LogP contribution in [0, 0.1) is 0 Å². The van der Waals surface area contributed by atoms with E-state index in [1.165, 1.54) is 11.1 Å². The second-order valence-corrected chi connectivity index (χ2v) is 4.77. The van der Waals surface area contributed by atoms with E-state index in [0.29, 0.717) is 13.1 Å². The van der Waals surface area contributed by atoms with Gasteiger partial charge in [0.2, 0.25) is 0 Å². The van der Waals surface area contributed by atoms with Crippen LogP contribution in [0.2, 0.25) is 0 Å². The molecular formula is C18H20N2. The SMILES string of the molecule is CC(=NCc1ccccc1)C(C)=NCc1ccccc1. The Bertz CT molecular complexity index is 528. The Labute approximate surface area is 120 Å². The van der Waals surface area contributed by atoms with Crippen molar-refractivity contribution in [2.75, 3.05) is 0 Å². The lowest BCUT2D eigenvalue weighted by Crippen LogP contribution is -2.06. The topological polar surface area (TPSA) is 24.7 Å². The zero-order chi connectivity index (χ0) is 14.2. The van der Waals surface area contributed by atoms with Gasteiger partial charge in [0.05, 0.1) is 24.5 Å². The summed E-state index contributed by atoms with van der Waals surface area (Å²) >= 11 is 0. The van der Waals surface area contributed by atoms with Crippen molar-refractivity contribution in [1.29, 1.82) is 0 Å². The molecule has 0 spiro atoms. The number of nitrogens with zero attached hydrogens (tertiary/aromatic N) is 2. The first-order valence-corrected chi connectivity index (χ1v) is 6.86. The second kappa shape index (κ2) is 7.39. The van der Waals surface area contributed by atoms with Gasteiger partial charge in [-0.2, -0.15) is 0 Å². The van der Waals surface area contributed by atoms with E-state index < -0.39 is 0 Å². The minimum Gasteiger partial charge on any atom is -0.283 e. The molecular weight excluding hydrogens is 244 g/mol. The van der Waals surface area contributed by atoms with Crippen LogP contribution >= 0.6 is 0 Å². The number of hydrogen-bond acceptors (Lipinski definition) is 2. The summed E-state index contributed by atoms with van der Waals surface area (Å²) in [7, 11) is 0. The predicted octanol–water partition coefficient (Wildman–Crippen LogP) is 4.31. The van der Waals surface area contributed by atoms with Crippen LogP contribution in [0.5, 0.6) is 0 Å². The molecule has 2 aromatic carbocycles.